The molecule has 1 aliphatic rings. The van der Waals surface area contributed by atoms with Crippen molar-refractivity contribution in [1.29, 1.82) is 0 Å². The van der Waals surface area contributed by atoms with E-state index in [1.54, 1.807) is 0 Å². The maximum Gasteiger partial charge on any atom is 0.0850 e. The number of hydrogen-bond acceptors (Lipinski definition) is 3. The van der Waals surface area contributed by atoms with Crippen molar-refractivity contribution in [3.63, 3.8) is 0 Å². The van der Waals surface area contributed by atoms with Crippen molar-refractivity contribution >= 4 is 23.4 Å². The minimum atomic E-state index is 0.514. The molecule has 1 fully saturated rings. The Morgan fingerprint density at radius 2 is 2.30 bits per heavy atom. The van der Waals surface area contributed by atoms with Crippen molar-refractivity contribution in [3.8, 4) is 0 Å². The molecule has 5 heteroatoms. The molecule has 3 nitrogen and oxygen atoms in total. The van der Waals surface area contributed by atoms with Crippen LogP contribution in [0.4, 0.5) is 0 Å². The van der Waals surface area contributed by atoms with Crippen LogP contribution in [-0.2, 0) is 19.9 Å². The lowest BCUT2D eigenvalue weighted by Crippen LogP contribution is -2.40. The zero-order valence-corrected chi connectivity index (χ0v) is 14.4. The molecule has 1 aromatic heterocycles. The summed E-state index contributed by atoms with van der Waals surface area (Å²) in [6.07, 6.45) is 5.73. The predicted molar refractivity (Wildman–Crippen MR) is 88.9 cm³/mol. The van der Waals surface area contributed by atoms with Gasteiger partial charge in [-0.3, -0.25) is 4.68 Å². The lowest BCUT2D eigenvalue weighted by Gasteiger charge is -2.24. The van der Waals surface area contributed by atoms with E-state index in [2.05, 4.69) is 36.0 Å². The van der Waals surface area contributed by atoms with E-state index in [0.717, 1.165) is 35.4 Å². The quantitative estimate of drug-likeness (QED) is 0.836. The molecule has 2 rings (SSSR count). The third kappa shape index (κ3) is 3.71. The van der Waals surface area contributed by atoms with Crippen molar-refractivity contribution in [3.05, 3.63) is 16.4 Å². The largest absolute Gasteiger partial charge is 0.312 e. The molecule has 0 radical (unpaired) electrons. The molecule has 0 spiro atoms. The molecule has 2 atom stereocenters. The van der Waals surface area contributed by atoms with Crippen molar-refractivity contribution in [2.24, 2.45) is 7.05 Å². The minimum Gasteiger partial charge on any atom is -0.312 e. The first-order valence-electron chi connectivity index (χ1n) is 7.72. The summed E-state index contributed by atoms with van der Waals surface area (Å²) < 4.78 is 1.97. The molecule has 0 bridgehead atoms. The van der Waals surface area contributed by atoms with Crippen LogP contribution in [0.2, 0.25) is 5.02 Å². The zero-order valence-electron chi connectivity index (χ0n) is 12.8. The fraction of sp³-hybridized carbons (Fsp3) is 0.800. The third-order valence-corrected chi connectivity index (χ3v) is 5.94. The third-order valence-electron chi connectivity index (χ3n) is 3.99. The summed E-state index contributed by atoms with van der Waals surface area (Å²) >= 11 is 8.61. The average Bonchev–Trinajstić information content (AvgIpc) is 3.05. The predicted octanol–water partition coefficient (Wildman–Crippen LogP) is 3.44. The maximum atomic E-state index is 6.50. The van der Waals surface area contributed by atoms with Gasteiger partial charge in [-0.2, -0.15) is 16.9 Å². The highest BCUT2D eigenvalue weighted by molar-refractivity contribution is 8.00. The van der Waals surface area contributed by atoms with Crippen LogP contribution < -0.4 is 5.32 Å². The summed E-state index contributed by atoms with van der Waals surface area (Å²) in [7, 11) is 2.01. The van der Waals surface area contributed by atoms with Gasteiger partial charge >= 0.3 is 0 Å². The highest BCUT2D eigenvalue weighted by atomic mass is 35.5. The molecular formula is C15H26ClN3S. The van der Waals surface area contributed by atoms with E-state index in [4.69, 9.17) is 11.6 Å². The summed E-state index contributed by atoms with van der Waals surface area (Å²) in [5, 5.41) is 9.86. The Morgan fingerprint density at radius 3 is 2.85 bits per heavy atom. The van der Waals surface area contributed by atoms with E-state index in [1.807, 2.05) is 11.7 Å². The van der Waals surface area contributed by atoms with Gasteiger partial charge in [-0.25, -0.2) is 0 Å². The lowest BCUT2D eigenvalue weighted by atomic mass is 10.0. The summed E-state index contributed by atoms with van der Waals surface area (Å²) in [6.45, 7) is 5.41. The Labute approximate surface area is 131 Å². The number of halogens is 1. The standard InChI is InChI=1S/C15H26ClN3S/c1-4-8-17-12(14-7-6-9-20-14)10-13-15(16)11(5-2)18-19(13)3/h12,14,17H,4-10H2,1-3H3. The van der Waals surface area contributed by atoms with E-state index in [1.165, 1.54) is 30.7 Å². The highest BCUT2D eigenvalue weighted by Gasteiger charge is 2.27. The van der Waals surface area contributed by atoms with Crippen LogP contribution in [0.15, 0.2) is 0 Å². The summed E-state index contributed by atoms with van der Waals surface area (Å²) in [6, 6.07) is 0.514. The Kier molecular flexibility index (Phi) is 6.24. The van der Waals surface area contributed by atoms with E-state index >= 15 is 0 Å². The number of hydrogen-bond donors (Lipinski definition) is 1. The van der Waals surface area contributed by atoms with Gasteiger partial charge in [0, 0.05) is 24.8 Å². The first kappa shape index (κ1) is 16.2. The van der Waals surface area contributed by atoms with E-state index in [0.29, 0.717) is 6.04 Å². The molecule has 0 aliphatic carbocycles. The first-order valence-corrected chi connectivity index (χ1v) is 9.15. The van der Waals surface area contributed by atoms with E-state index < -0.39 is 0 Å². The van der Waals surface area contributed by atoms with Crippen LogP contribution in [0.1, 0.15) is 44.5 Å². The smallest absolute Gasteiger partial charge is 0.0850 e. The van der Waals surface area contributed by atoms with Crippen molar-refractivity contribution in [2.45, 2.75) is 57.2 Å². The van der Waals surface area contributed by atoms with Crippen LogP contribution in [0.5, 0.6) is 0 Å². The first-order chi connectivity index (χ1) is 9.67. The lowest BCUT2D eigenvalue weighted by molar-refractivity contribution is 0.470. The average molecular weight is 316 g/mol. The summed E-state index contributed by atoms with van der Waals surface area (Å²) in [5.41, 5.74) is 2.21. The van der Waals surface area contributed by atoms with Crippen LogP contribution in [0.3, 0.4) is 0 Å². The fourth-order valence-corrected chi connectivity index (χ4v) is 4.60. The summed E-state index contributed by atoms with van der Waals surface area (Å²) in [4.78, 5) is 0. The second-order valence-electron chi connectivity index (χ2n) is 5.50. The molecule has 1 aliphatic heterocycles. The Morgan fingerprint density at radius 1 is 1.50 bits per heavy atom. The number of rotatable bonds is 7. The van der Waals surface area contributed by atoms with Crippen LogP contribution in [0, 0.1) is 0 Å². The molecule has 1 saturated heterocycles. The topological polar surface area (TPSA) is 29.9 Å². The Balaban J connectivity index is 2.11. The van der Waals surface area contributed by atoms with Crippen molar-refractivity contribution in [2.75, 3.05) is 12.3 Å². The second-order valence-corrected chi connectivity index (χ2v) is 7.23. The molecule has 0 saturated carbocycles. The molecule has 1 N–H and O–H groups in total. The molecular weight excluding hydrogens is 290 g/mol. The Bertz CT molecular complexity index is 427. The van der Waals surface area contributed by atoms with Crippen molar-refractivity contribution < 1.29 is 0 Å². The molecule has 2 unspecified atom stereocenters. The van der Waals surface area contributed by atoms with Gasteiger partial charge in [0.25, 0.3) is 0 Å². The monoisotopic (exact) mass is 315 g/mol. The molecule has 20 heavy (non-hydrogen) atoms. The summed E-state index contributed by atoms with van der Waals surface area (Å²) in [5.74, 6) is 1.30. The van der Waals surface area contributed by atoms with Crippen LogP contribution in [0.25, 0.3) is 0 Å². The second kappa shape index (κ2) is 7.71. The molecule has 114 valence electrons. The van der Waals surface area contributed by atoms with Gasteiger partial charge in [-0.1, -0.05) is 25.4 Å². The fourth-order valence-electron chi connectivity index (χ4n) is 2.83. The highest BCUT2D eigenvalue weighted by Crippen LogP contribution is 2.31. The molecule has 0 amide bonds. The number of aryl methyl sites for hydroxylation is 2. The number of aromatic nitrogens is 2. The van der Waals surface area contributed by atoms with E-state index in [-0.39, 0.29) is 0 Å². The van der Waals surface area contributed by atoms with Gasteiger partial charge in [0.15, 0.2) is 0 Å². The molecule has 0 aromatic carbocycles. The molecule has 2 heterocycles. The van der Waals surface area contributed by atoms with Gasteiger partial charge in [0.05, 0.1) is 16.4 Å². The normalized spacial score (nSPS) is 20.5. The minimum absolute atomic E-state index is 0.514. The van der Waals surface area contributed by atoms with E-state index in [9.17, 15) is 0 Å². The van der Waals surface area contributed by atoms with Crippen LogP contribution in [-0.4, -0.2) is 33.4 Å². The number of nitrogens with zero attached hydrogens (tertiary/aromatic N) is 2. The SMILES string of the molecule is CCCNC(Cc1c(Cl)c(CC)nn1C)C1CCCS1. The van der Waals surface area contributed by atoms with Gasteiger partial charge in [-0.15, -0.1) is 0 Å². The van der Waals surface area contributed by atoms with Gasteiger partial charge in [0.1, 0.15) is 0 Å². The van der Waals surface area contributed by atoms with Gasteiger partial charge in [0.2, 0.25) is 0 Å². The zero-order chi connectivity index (χ0) is 14.5. The van der Waals surface area contributed by atoms with Gasteiger partial charge in [-0.05, 0) is 38.0 Å². The molecule has 1 aromatic rings. The number of thioether (sulfide) groups is 1. The Hall–Kier alpha value is -0.190. The maximum absolute atomic E-state index is 6.50. The van der Waals surface area contributed by atoms with Crippen LogP contribution >= 0.6 is 23.4 Å². The van der Waals surface area contributed by atoms with Gasteiger partial charge < -0.3 is 5.32 Å². The van der Waals surface area contributed by atoms with Crippen molar-refractivity contribution in [1.82, 2.24) is 15.1 Å². The number of nitrogens with one attached hydrogen (secondary N) is 1.